The van der Waals surface area contributed by atoms with Gasteiger partial charge in [0.15, 0.2) is 6.10 Å². The van der Waals surface area contributed by atoms with Crippen LogP contribution in [0.5, 0.6) is 5.75 Å². The number of benzene rings is 2. The molecule has 2 aromatic carbocycles. The van der Waals surface area contributed by atoms with Crippen LogP contribution in [0.4, 0.5) is 24.5 Å². The zero-order valence-electron chi connectivity index (χ0n) is 16.0. The molecule has 158 valence electrons. The number of carbonyl (C=O) groups excluding carboxylic acids is 1. The summed E-state index contributed by atoms with van der Waals surface area (Å²) in [5, 5.41) is 2.42. The van der Waals surface area contributed by atoms with Crippen molar-refractivity contribution in [3.63, 3.8) is 0 Å². The minimum absolute atomic E-state index is 0.0111. The maximum Gasteiger partial charge on any atom is 0.416 e. The molecule has 6 nitrogen and oxygen atoms in total. The van der Waals surface area contributed by atoms with Gasteiger partial charge in [-0.25, -0.2) is 8.42 Å². The molecule has 0 bridgehead atoms. The average molecular weight is 430 g/mol. The summed E-state index contributed by atoms with van der Waals surface area (Å²) in [6.45, 7) is 1.70. The quantitative estimate of drug-likeness (QED) is 0.723. The third-order valence-electron chi connectivity index (χ3n) is 4.10. The average Bonchev–Trinajstić information content (AvgIpc) is 2.64. The van der Waals surface area contributed by atoms with Crippen LogP contribution in [0.1, 0.15) is 18.9 Å². The lowest BCUT2D eigenvalue weighted by Gasteiger charge is -2.19. The number of halogens is 3. The molecule has 0 fully saturated rings. The number of anilines is 2. The number of carbonyl (C=O) groups is 1. The van der Waals surface area contributed by atoms with Crippen LogP contribution in [0.3, 0.4) is 0 Å². The molecule has 0 saturated carbocycles. The molecule has 0 aliphatic heterocycles. The predicted molar refractivity (Wildman–Crippen MR) is 104 cm³/mol. The lowest BCUT2D eigenvalue weighted by Crippen LogP contribution is -2.32. The largest absolute Gasteiger partial charge is 0.481 e. The molecule has 0 aromatic heterocycles. The molecular formula is C19H21F3N2O4S. The second-order valence-corrected chi connectivity index (χ2v) is 8.32. The molecular weight excluding hydrogens is 409 g/mol. The van der Waals surface area contributed by atoms with Crippen LogP contribution >= 0.6 is 0 Å². The van der Waals surface area contributed by atoms with Gasteiger partial charge in [-0.2, -0.15) is 13.2 Å². The summed E-state index contributed by atoms with van der Waals surface area (Å²) in [4.78, 5) is 12.4. The normalized spacial score (nSPS) is 12.9. The van der Waals surface area contributed by atoms with Crippen LogP contribution < -0.4 is 14.4 Å². The van der Waals surface area contributed by atoms with Crippen LogP contribution in [0.15, 0.2) is 48.5 Å². The Morgan fingerprint density at radius 1 is 1.17 bits per heavy atom. The lowest BCUT2D eigenvalue weighted by atomic mass is 10.2. The van der Waals surface area contributed by atoms with Crippen molar-refractivity contribution in [2.45, 2.75) is 25.6 Å². The summed E-state index contributed by atoms with van der Waals surface area (Å²) in [5.41, 5.74) is -0.437. The number of nitrogens with zero attached hydrogens (tertiary/aromatic N) is 1. The lowest BCUT2D eigenvalue weighted by molar-refractivity contribution is -0.137. The van der Waals surface area contributed by atoms with Gasteiger partial charge in [-0.05, 0) is 48.9 Å². The van der Waals surface area contributed by atoms with E-state index in [4.69, 9.17) is 4.74 Å². The van der Waals surface area contributed by atoms with Crippen molar-refractivity contribution in [2.24, 2.45) is 0 Å². The molecule has 0 saturated heterocycles. The third-order valence-corrected chi connectivity index (χ3v) is 5.30. The Hall–Kier alpha value is -2.75. The summed E-state index contributed by atoms with van der Waals surface area (Å²) in [6, 6.07) is 10.4. The van der Waals surface area contributed by atoms with E-state index in [1.165, 1.54) is 43.4 Å². The number of amides is 1. The molecule has 0 unspecified atom stereocenters. The van der Waals surface area contributed by atoms with Crippen LogP contribution in [0.2, 0.25) is 0 Å². The van der Waals surface area contributed by atoms with Crippen molar-refractivity contribution in [1.82, 2.24) is 0 Å². The van der Waals surface area contributed by atoms with E-state index in [0.717, 1.165) is 22.7 Å². The van der Waals surface area contributed by atoms with Crippen molar-refractivity contribution in [3.05, 3.63) is 54.1 Å². The fourth-order valence-corrected chi connectivity index (χ4v) is 2.91. The van der Waals surface area contributed by atoms with Gasteiger partial charge in [0.05, 0.1) is 17.5 Å². The van der Waals surface area contributed by atoms with Gasteiger partial charge in [0.2, 0.25) is 10.0 Å². The van der Waals surface area contributed by atoms with Crippen LogP contribution in [0.25, 0.3) is 0 Å². The smallest absolute Gasteiger partial charge is 0.416 e. The Balaban J connectivity index is 2.09. The molecule has 1 N–H and O–H groups in total. The highest BCUT2D eigenvalue weighted by Gasteiger charge is 2.30. The summed E-state index contributed by atoms with van der Waals surface area (Å²) >= 11 is 0. The number of rotatable bonds is 7. The minimum Gasteiger partial charge on any atom is -0.481 e. The highest BCUT2D eigenvalue weighted by Crippen LogP contribution is 2.30. The van der Waals surface area contributed by atoms with Gasteiger partial charge in [0, 0.05) is 12.7 Å². The maximum absolute atomic E-state index is 12.8. The summed E-state index contributed by atoms with van der Waals surface area (Å²) in [6.07, 6.45) is -4.11. The summed E-state index contributed by atoms with van der Waals surface area (Å²) in [5.74, 6) is -0.272. The van der Waals surface area contributed by atoms with Crippen molar-refractivity contribution in [3.8, 4) is 5.75 Å². The molecule has 2 aromatic rings. The Morgan fingerprint density at radius 3 is 2.31 bits per heavy atom. The van der Waals surface area contributed by atoms with Gasteiger partial charge in [-0.3, -0.25) is 9.10 Å². The molecule has 10 heteroatoms. The standard InChI is InChI=1S/C19H21F3N2O4S/c1-4-17(18(25)23-14-7-5-6-13(12-14)19(20,21)22)28-16-10-8-15(9-11-16)24(2)29(3,26)27/h5-12,17H,4H2,1-3H3,(H,23,25)/t17-/m1/s1. The fourth-order valence-electron chi connectivity index (χ4n) is 2.41. The van der Waals surface area contributed by atoms with Crippen molar-refractivity contribution < 1.29 is 31.1 Å². The van der Waals surface area contributed by atoms with Crippen molar-refractivity contribution in [1.29, 1.82) is 0 Å². The van der Waals surface area contributed by atoms with E-state index < -0.39 is 33.8 Å². The summed E-state index contributed by atoms with van der Waals surface area (Å²) < 4.78 is 68.2. The number of ether oxygens (including phenoxy) is 1. The molecule has 0 radical (unpaired) electrons. The maximum atomic E-state index is 12.8. The first-order valence-electron chi connectivity index (χ1n) is 8.60. The second-order valence-electron chi connectivity index (χ2n) is 6.31. The minimum atomic E-state index is -4.51. The molecule has 0 aliphatic rings. The second kappa shape index (κ2) is 8.73. The number of hydrogen-bond acceptors (Lipinski definition) is 4. The van der Waals surface area contributed by atoms with Crippen molar-refractivity contribution >= 4 is 27.3 Å². The Morgan fingerprint density at radius 2 is 1.79 bits per heavy atom. The molecule has 1 amide bonds. The van der Waals surface area contributed by atoms with Crippen molar-refractivity contribution in [2.75, 3.05) is 22.9 Å². The number of sulfonamides is 1. The van der Waals surface area contributed by atoms with Crippen LogP contribution in [0, 0.1) is 0 Å². The Bertz CT molecular complexity index is 960. The van der Waals surface area contributed by atoms with E-state index in [1.54, 1.807) is 6.92 Å². The highest BCUT2D eigenvalue weighted by atomic mass is 32.2. The van der Waals surface area contributed by atoms with E-state index in [-0.39, 0.29) is 12.1 Å². The van der Waals surface area contributed by atoms with Gasteiger partial charge >= 0.3 is 6.18 Å². The van der Waals surface area contributed by atoms with Gasteiger partial charge < -0.3 is 10.1 Å². The van der Waals surface area contributed by atoms with Crippen LogP contribution in [-0.2, 0) is 21.0 Å². The van der Waals surface area contributed by atoms with E-state index in [2.05, 4.69) is 5.32 Å². The fraction of sp³-hybridized carbons (Fsp3) is 0.316. The molecule has 0 heterocycles. The number of hydrogen-bond donors (Lipinski definition) is 1. The number of nitrogens with one attached hydrogen (secondary N) is 1. The number of alkyl halides is 3. The van der Waals surface area contributed by atoms with E-state index in [0.29, 0.717) is 11.4 Å². The van der Waals surface area contributed by atoms with Gasteiger partial charge in [-0.15, -0.1) is 0 Å². The molecule has 0 spiro atoms. The highest BCUT2D eigenvalue weighted by molar-refractivity contribution is 7.92. The summed E-state index contributed by atoms with van der Waals surface area (Å²) in [7, 11) is -2.00. The predicted octanol–water partition coefficient (Wildman–Crippen LogP) is 3.90. The zero-order valence-corrected chi connectivity index (χ0v) is 16.8. The van der Waals surface area contributed by atoms with E-state index in [1.807, 2.05) is 0 Å². The molecule has 1 atom stereocenters. The first kappa shape index (κ1) is 22.5. The topological polar surface area (TPSA) is 75.7 Å². The molecule has 29 heavy (non-hydrogen) atoms. The van der Waals surface area contributed by atoms with E-state index in [9.17, 15) is 26.4 Å². The Kier molecular flexibility index (Phi) is 6.78. The zero-order chi connectivity index (χ0) is 21.8. The third kappa shape index (κ3) is 6.11. The van der Waals surface area contributed by atoms with Gasteiger partial charge in [-0.1, -0.05) is 13.0 Å². The van der Waals surface area contributed by atoms with Gasteiger partial charge in [0.1, 0.15) is 5.75 Å². The Labute approximate surface area is 167 Å². The first-order chi connectivity index (χ1) is 13.4. The SMILES string of the molecule is CC[C@@H](Oc1ccc(N(C)S(C)(=O)=O)cc1)C(=O)Nc1cccc(C(F)(F)F)c1. The van der Waals surface area contributed by atoms with Gasteiger partial charge in [0.25, 0.3) is 5.91 Å². The molecule has 0 aliphatic carbocycles. The van der Waals surface area contributed by atoms with Crippen LogP contribution in [-0.4, -0.2) is 33.7 Å². The molecule has 2 rings (SSSR count). The monoisotopic (exact) mass is 430 g/mol. The first-order valence-corrected chi connectivity index (χ1v) is 10.5. The van der Waals surface area contributed by atoms with E-state index >= 15 is 0 Å².